The highest BCUT2D eigenvalue weighted by atomic mass is 32.2. The van der Waals surface area contributed by atoms with Crippen molar-refractivity contribution in [1.82, 2.24) is 19.6 Å². The molecule has 4 aliphatic rings. The van der Waals surface area contributed by atoms with E-state index < -0.39 is 0 Å². The number of anilines is 8. The van der Waals surface area contributed by atoms with Crippen molar-refractivity contribution < 1.29 is 4.79 Å². The van der Waals surface area contributed by atoms with Gasteiger partial charge in [0, 0.05) is 102 Å². The fourth-order valence-electron chi connectivity index (χ4n) is 11.4. The molecule has 456 valence electrons. The van der Waals surface area contributed by atoms with Crippen molar-refractivity contribution in [1.29, 1.82) is 0 Å². The second-order valence-electron chi connectivity index (χ2n) is 23.6. The van der Waals surface area contributed by atoms with Gasteiger partial charge in [0.05, 0.1) is 45.5 Å². The van der Waals surface area contributed by atoms with Crippen LogP contribution in [0.5, 0.6) is 0 Å². The third-order valence-electron chi connectivity index (χ3n) is 16.6. The second kappa shape index (κ2) is 30.9. The molecule has 0 aliphatic carbocycles. The standard InChI is InChI=1S/C20H24N2OS.C19H24N2S.C18H22N2S.C17H20N2S/c1-5-18(23)15-10-11-20-17(12-15)22(13-14(2)21(3)4)16-8-6-7-9-19(16)24-20;1-4-20(5-2)15(3)14-21-16-10-6-8-12-18(16)22-19-13-9-7-11-17(19)21;1-14(12-19(2)3)13-20-15-8-4-6-10-17(15)21-18-11-7-5-9-16(18)20;1-13(18(2)3)12-19-14-8-4-6-10-16(14)20-17-11-7-5-9-15(17)19/h6-12,14H,5,13H2,1-4H3;6-13,15H,4-5,14H2,1-3H3;4-11,14H,12-13H2,1-3H3;4-11,13H,12H2,1-3H3. The first kappa shape index (κ1) is 65.3. The first-order chi connectivity index (χ1) is 42.1. The molecular weight excluding hydrogens is 1150 g/mol. The molecule has 13 heteroatoms. The molecule has 0 amide bonds. The minimum atomic E-state index is 0.197. The average molecular weight is 1240 g/mol. The van der Waals surface area contributed by atoms with E-state index in [1.807, 2.05) is 48.3 Å². The van der Waals surface area contributed by atoms with Crippen molar-refractivity contribution in [3.63, 3.8) is 0 Å². The Kier molecular flexibility index (Phi) is 23.2. The Labute approximate surface area is 538 Å². The van der Waals surface area contributed by atoms with Crippen molar-refractivity contribution in [3.8, 4) is 0 Å². The Morgan fingerprint density at radius 1 is 0.368 bits per heavy atom. The SMILES string of the molecule is CC(CN(C)C)CN1c2ccccc2Sc2ccccc21.CC(CN1c2ccccc2Sc2ccccc21)N(C)C.CCC(=O)c1ccc2c(c1)N(CC(C)N(C)C)c1ccccc1S2.CCN(CC)C(C)CN1c2ccccc2Sc2ccccc21. The number of ketones is 1. The molecule has 0 N–H and O–H groups in total. The van der Waals surface area contributed by atoms with E-state index in [0.717, 1.165) is 57.1 Å². The first-order valence-electron chi connectivity index (χ1n) is 30.9. The van der Waals surface area contributed by atoms with Crippen molar-refractivity contribution in [3.05, 3.63) is 194 Å². The number of carbonyl (C=O) groups excluding carboxylic acids is 1. The molecule has 4 heterocycles. The maximum Gasteiger partial charge on any atom is 0.162 e. The van der Waals surface area contributed by atoms with Gasteiger partial charge in [-0.15, -0.1) is 0 Å². The fraction of sp³-hybridized carbons (Fsp3) is 0.338. The van der Waals surface area contributed by atoms with Crippen molar-refractivity contribution >= 4 is 98.3 Å². The van der Waals surface area contributed by atoms with Crippen LogP contribution in [0.25, 0.3) is 0 Å². The van der Waals surface area contributed by atoms with Crippen LogP contribution >= 0.6 is 47.0 Å². The van der Waals surface area contributed by atoms with E-state index >= 15 is 0 Å². The number of likely N-dealkylation sites (N-methyl/N-ethyl adjacent to an activating group) is 3. The third-order valence-corrected chi connectivity index (χ3v) is 21.1. The lowest BCUT2D eigenvalue weighted by molar-refractivity contribution is 0.0988. The van der Waals surface area contributed by atoms with Crippen LogP contribution in [-0.2, 0) is 0 Å². The summed E-state index contributed by atoms with van der Waals surface area (Å²) in [5, 5.41) is 0. The van der Waals surface area contributed by atoms with E-state index in [0.29, 0.717) is 30.5 Å². The van der Waals surface area contributed by atoms with Crippen LogP contribution in [0.3, 0.4) is 0 Å². The summed E-state index contributed by atoms with van der Waals surface area (Å²) in [5.41, 5.74) is 11.2. The van der Waals surface area contributed by atoms with Gasteiger partial charge in [0.25, 0.3) is 0 Å². The van der Waals surface area contributed by atoms with Gasteiger partial charge in [-0.25, -0.2) is 0 Å². The van der Waals surface area contributed by atoms with Crippen LogP contribution in [0.4, 0.5) is 45.5 Å². The number of rotatable bonds is 17. The Balaban J connectivity index is 0.000000139. The van der Waals surface area contributed by atoms with E-state index in [-0.39, 0.29) is 5.78 Å². The normalized spacial score (nSPS) is 14.6. The Morgan fingerprint density at radius 2 is 0.644 bits per heavy atom. The molecule has 0 spiro atoms. The lowest BCUT2D eigenvalue weighted by atomic mass is 10.1. The van der Waals surface area contributed by atoms with Crippen LogP contribution in [0, 0.1) is 5.92 Å². The molecule has 0 saturated carbocycles. The fourth-order valence-corrected chi connectivity index (χ4v) is 15.8. The van der Waals surface area contributed by atoms with E-state index in [2.05, 4.69) is 305 Å². The van der Waals surface area contributed by atoms with Crippen LogP contribution in [-0.4, -0.2) is 132 Å². The van der Waals surface area contributed by atoms with Gasteiger partial charge in [0.15, 0.2) is 5.78 Å². The molecule has 4 atom stereocenters. The molecule has 0 aromatic heterocycles. The summed E-state index contributed by atoms with van der Waals surface area (Å²) in [5.74, 6) is 0.812. The predicted molar refractivity (Wildman–Crippen MR) is 377 cm³/mol. The molecule has 4 aliphatic heterocycles. The van der Waals surface area contributed by atoms with E-state index in [4.69, 9.17) is 0 Å². The van der Waals surface area contributed by atoms with Crippen molar-refractivity contribution in [2.75, 3.05) is 108 Å². The van der Waals surface area contributed by atoms with Crippen LogP contribution in [0.2, 0.25) is 0 Å². The zero-order valence-electron chi connectivity index (χ0n) is 53.5. The Morgan fingerprint density at radius 3 is 0.931 bits per heavy atom. The molecule has 8 aromatic carbocycles. The summed E-state index contributed by atoms with van der Waals surface area (Å²) >= 11 is 7.40. The number of hydrogen-bond acceptors (Lipinski definition) is 13. The number of carbonyl (C=O) groups is 1. The van der Waals surface area contributed by atoms with Crippen LogP contribution < -0.4 is 19.6 Å². The topological polar surface area (TPSA) is 43.0 Å². The van der Waals surface area contributed by atoms with Crippen LogP contribution in [0.1, 0.15) is 65.2 Å². The van der Waals surface area contributed by atoms with Crippen molar-refractivity contribution in [2.45, 2.75) is 112 Å². The molecule has 4 unspecified atom stereocenters. The number of benzene rings is 8. The summed E-state index contributed by atoms with van der Waals surface area (Å²) in [6, 6.07) is 68.3. The summed E-state index contributed by atoms with van der Waals surface area (Å²) in [6.45, 7) is 22.8. The third kappa shape index (κ3) is 16.0. The highest BCUT2D eigenvalue weighted by Crippen LogP contribution is 2.52. The molecule has 9 nitrogen and oxygen atoms in total. The van der Waals surface area contributed by atoms with Gasteiger partial charge in [0.2, 0.25) is 0 Å². The number of nitrogens with zero attached hydrogens (tertiary/aromatic N) is 8. The van der Waals surface area contributed by atoms with Gasteiger partial charge < -0.3 is 34.3 Å². The molecular formula is C74H90N8OS4. The highest BCUT2D eigenvalue weighted by molar-refractivity contribution is 8.00. The number of Topliss-reactive ketones (excluding diaryl/α,β-unsaturated/α-hetero) is 1. The van der Waals surface area contributed by atoms with E-state index in [9.17, 15) is 4.79 Å². The summed E-state index contributed by atoms with van der Waals surface area (Å²) in [7, 11) is 12.8. The smallest absolute Gasteiger partial charge is 0.162 e. The minimum absolute atomic E-state index is 0.197. The van der Waals surface area contributed by atoms with Crippen molar-refractivity contribution in [2.24, 2.45) is 5.92 Å². The average Bonchev–Trinajstić information content (AvgIpc) is 1.66. The largest absolute Gasteiger partial charge is 0.339 e. The zero-order valence-corrected chi connectivity index (χ0v) is 56.7. The summed E-state index contributed by atoms with van der Waals surface area (Å²) in [6.07, 6.45) is 0.538. The molecule has 87 heavy (non-hydrogen) atoms. The predicted octanol–water partition coefficient (Wildman–Crippen LogP) is 18.6. The highest BCUT2D eigenvalue weighted by Gasteiger charge is 2.29. The summed E-state index contributed by atoms with van der Waals surface area (Å²) in [4.78, 5) is 41.8. The Bertz CT molecular complexity index is 3420. The maximum absolute atomic E-state index is 12.1. The summed E-state index contributed by atoms with van der Waals surface area (Å²) < 4.78 is 0. The Hall–Kier alpha value is -6.13. The number of fused-ring (bicyclic) bond motifs is 8. The molecule has 8 aromatic rings. The van der Waals surface area contributed by atoms with E-state index in [1.165, 1.54) is 79.0 Å². The van der Waals surface area contributed by atoms with Gasteiger partial charge in [0.1, 0.15) is 0 Å². The lowest BCUT2D eigenvalue weighted by Gasteiger charge is -2.37. The minimum Gasteiger partial charge on any atom is -0.339 e. The van der Waals surface area contributed by atoms with Crippen LogP contribution in [0.15, 0.2) is 227 Å². The molecule has 0 fully saturated rings. The van der Waals surface area contributed by atoms with Gasteiger partial charge in [-0.05, 0) is 179 Å². The lowest BCUT2D eigenvalue weighted by Crippen LogP contribution is -2.41. The van der Waals surface area contributed by atoms with E-state index in [1.54, 1.807) is 11.8 Å². The first-order valence-corrected chi connectivity index (χ1v) is 34.2. The monoisotopic (exact) mass is 1230 g/mol. The molecule has 0 saturated heterocycles. The van der Waals surface area contributed by atoms with Gasteiger partial charge >= 0.3 is 0 Å². The number of hydrogen-bond donors (Lipinski definition) is 0. The quantitative estimate of drug-likeness (QED) is 0.0814. The number of para-hydroxylation sites is 7. The van der Waals surface area contributed by atoms with Gasteiger partial charge in [-0.1, -0.05) is 166 Å². The van der Waals surface area contributed by atoms with Gasteiger partial charge in [-0.2, -0.15) is 0 Å². The maximum atomic E-state index is 12.1. The second-order valence-corrected chi connectivity index (χ2v) is 28.0. The zero-order chi connectivity index (χ0) is 61.7. The molecule has 0 bridgehead atoms. The molecule has 12 rings (SSSR count). The van der Waals surface area contributed by atoms with Gasteiger partial charge in [-0.3, -0.25) is 9.69 Å². The molecule has 0 radical (unpaired) electrons.